The van der Waals surface area contributed by atoms with Crippen molar-refractivity contribution in [2.75, 3.05) is 10.6 Å². The van der Waals surface area contributed by atoms with Gasteiger partial charge in [-0.3, -0.25) is 10.1 Å². The standard InChI is InChI=1S/C20H21N5O2/c1-12-8-9-16(14(3)10-12)23-19-18(25(26)27)20(22-11-21-19)24-17-7-5-6-13(2)15(17)4/h5-11H,1-4H3,(H2,21,22,23,24). The monoisotopic (exact) mass is 363 g/mol. The maximum Gasteiger partial charge on any atom is 0.353 e. The summed E-state index contributed by atoms with van der Waals surface area (Å²) in [6.45, 7) is 7.88. The van der Waals surface area contributed by atoms with Crippen LogP contribution in [0.25, 0.3) is 0 Å². The van der Waals surface area contributed by atoms with Crippen molar-refractivity contribution in [1.29, 1.82) is 0 Å². The Kier molecular flexibility index (Phi) is 5.03. The van der Waals surface area contributed by atoms with Gasteiger partial charge in [-0.25, -0.2) is 9.97 Å². The lowest BCUT2D eigenvalue weighted by atomic mass is 10.1. The highest BCUT2D eigenvalue weighted by molar-refractivity contribution is 5.78. The predicted octanol–water partition coefficient (Wildman–Crippen LogP) is 5.11. The molecule has 138 valence electrons. The van der Waals surface area contributed by atoms with E-state index in [-0.39, 0.29) is 17.3 Å². The first-order valence-electron chi connectivity index (χ1n) is 8.53. The number of anilines is 4. The summed E-state index contributed by atoms with van der Waals surface area (Å²) < 4.78 is 0. The van der Waals surface area contributed by atoms with Crippen LogP contribution in [0.15, 0.2) is 42.7 Å². The van der Waals surface area contributed by atoms with Gasteiger partial charge in [-0.2, -0.15) is 0 Å². The maximum atomic E-state index is 11.8. The van der Waals surface area contributed by atoms with E-state index in [1.54, 1.807) is 0 Å². The van der Waals surface area contributed by atoms with E-state index in [1.165, 1.54) is 6.33 Å². The highest BCUT2D eigenvalue weighted by Gasteiger charge is 2.24. The molecule has 0 aliphatic carbocycles. The third-order valence-corrected chi connectivity index (χ3v) is 4.50. The lowest BCUT2D eigenvalue weighted by molar-refractivity contribution is -0.383. The lowest BCUT2D eigenvalue weighted by Crippen LogP contribution is -2.06. The molecule has 1 aromatic heterocycles. The number of hydrogen-bond donors (Lipinski definition) is 2. The van der Waals surface area contributed by atoms with E-state index in [1.807, 2.05) is 64.1 Å². The highest BCUT2D eigenvalue weighted by atomic mass is 16.6. The summed E-state index contributed by atoms with van der Waals surface area (Å²) in [5.41, 5.74) is 5.53. The summed E-state index contributed by atoms with van der Waals surface area (Å²) in [7, 11) is 0. The van der Waals surface area contributed by atoms with Crippen molar-refractivity contribution >= 4 is 28.7 Å². The van der Waals surface area contributed by atoms with Crippen LogP contribution in [0.3, 0.4) is 0 Å². The summed E-state index contributed by atoms with van der Waals surface area (Å²) in [5, 5.41) is 17.9. The van der Waals surface area contributed by atoms with Crippen LogP contribution in [0, 0.1) is 37.8 Å². The SMILES string of the molecule is Cc1ccc(Nc2ncnc(Nc3cccc(C)c3C)c2[N+](=O)[O-])c(C)c1. The molecule has 0 fully saturated rings. The number of nitro groups is 1. The second-order valence-corrected chi connectivity index (χ2v) is 6.49. The number of aryl methyl sites for hydroxylation is 3. The molecule has 7 nitrogen and oxygen atoms in total. The molecule has 3 rings (SSSR count). The number of nitrogens with one attached hydrogen (secondary N) is 2. The first-order chi connectivity index (χ1) is 12.9. The van der Waals surface area contributed by atoms with Gasteiger partial charge in [0, 0.05) is 11.4 Å². The third kappa shape index (κ3) is 3.87. The molecule has 27 heavy (non-hydrogen) atoms. The van der Waals surface area contributed by atoms with Crippen LogP contribution in [-0.4, -0.2) is 14.9 Å². The fourth-order valence-corrected chi connectivity index (χ4v) is 2.83. The molecule has 0 aliphatic heterocycles. The van der Waals surface area contributed by atoms with Gasteiger partial charge in [0.2, 0.25) is 11.6 Å². The minimum absolute atomic E-state index is 0.148. The molecular formula is C20H21N5O2. The molecule has 0 saturated heterocycles. The van der Waals surface area contributed by atoms with E-state index in [4.69, 9.17) is 0 Å². The highest BCUT2D eigenvalue weighted by Crippen LogP contribution is 2.34. The Labute approximate surface area is 157 Å². The van der Waals surface area contributed by atoms with Gasteiger partial charge in [-0.05, 0) is 56.5 Å². The molecular weight excluding hydrogens is 342 g/mol. The second-order valence-electron chi connectivity index (χ2n) is 6.49. The summed E-state index contributed by atoms with van der Waals surface area (Å²) in [5.74, 6) is 0.297. The van der Waals surface area contributed by atoms with Crippen LogP contribution in [0.4, 0.5) is 28.7 Å². The van der Waals surface area contributed by atoms with Crippen LogP contribution in [0.1, 0.15) is 22.3 Å². The second kappa shape index (κ2) is 7.41. The van der Waals surface area contributed by atoms with Crippen LogP contribution in [-0.2, 0) is 0 Å². The number of benzene rings is 2. The Hall–Kier alpha value is -3.48. The van der Waals surface area contributed by atoms with E-state index < -0.39 is 4.92 Å². The Morgan fingerprint density at radius 1 is 0.889 bits per heavy atom. The van der Waals surface area contributed by atoms with Crippen molar-refractivity contribution in [2.45, 2.75) is 27.7 Å². The summed E-state index contributed by atoms with van der Waals surface area (Å²) in [6, 6.07) is 11.6. The maximum absolute atomic E-state index is 11.8. The topological polar surface area (TPSA) is 93.0 Å². The van der Waals surface area contributed by atoms with Gasteiger partial charge in [0.25, 0.3) is 0 Å². The summed E-state index contributed by atoms with van der Waals surface area (Å²) >= 11 is 0. The number of nitrogens with zero attached hydrogens (tertiary/aromatic N) is 3. The number of rotatable bonds is 5. The summed E-state index contributed by atoms with van der Waals surface area (Å²) in [6.07, 6.45) is 1.31. The molecule has 1 heterocycles. The molecule has 3 aromatic rings. The molecule has 2 aromatic carbocycles. The van der Waals surface area contributed by atoms with Crippen molar-refractivity contribution < 1.29 is 4.92 Å². The molecule has 7 heteroatoms. The number of aromatic nitrogens is 2. The Bertz CT molecular complexity index is 1020. The summed E-state index contributed by atoms with van der Waals surface area (Å²) in [4.78, 5) is 19.5. The van der Waals surface area contributed by atoms with Crippen LogP contribution in [0.2, 0.25) is 0 Å². The fourth-order valence-electron chi connectivity index (χ4n) is 2.83. The van der Waals surface area contributed by atoms with E-state index in [0.29, 0.717) is 0 Å². The van der Waals surface area contributed by atoms with E-state index in [0.717, 1.165) is 33.6 Å². The van der Waals surface area contributed by atoms with Gasteiger partial charge in [0.05, 0.1) is 4.92 Å². The van der Waals surface area contributed by atoms with E-state index in [9.17, 15) is 10.1 Å². The molecule has 0 saturated carbocycles. The van der Waals surface area contributed by atoms with Crippen molar-refractivity contribution in [2.24, 2.45) is 0 Å². The quantitative estimate of drug-likeness (QED) is 0.483. The van der Waals surface area contributed by atoms with Crippen molar-refractivity contribution in [1.82, 2.24) is 9.97 Å². The number of hydrogen-bond acceptors (Lipinski definition) is 6. The molecule has 2 N–H and O–H groups in total. The van der Waals surface area contributed by atoms with Crippen molar-refractivity contribution in [3.63, 3.8) is 0 Å². The fraction of sp³-hybridized carbons (Fsp3) is 0.200. The largest absolute Gasteiger partial charge is 0.353 e. The molecule has 0 atom stereocenters. The van der Waals surface area contributed by atoms with Crippen molar-refractivity contribution in [3.05, 3.63) is 75.1 Å². The van der Waals surface area contributed by atoms with E-state index >= 15 is 0 Å². The molecule has 0 radical (unpaired) electrons. The lowest BCUT2D eigenvalue weighted by Gasteiger charge is -2.13. The average Bonchev–Trinajstić information content (AvgIpc) is 2.61. The van der Waals surface area contributed by atoms with Crippen LogP contribution in [0.5, 0.6) is 0 Å². The van der Waals surface area contributed by atoms with Crippen molar-refractivity contribution in [3.8, 4) is 0 Å². The van der Waals surface area contributed by atoms with E-state index in [2.05, 4.69) is 20.6 Å². The Morgan fingerprint density at radius 2 is 1.56 bits per heavy atom. The van der Waals surface area contributed by atoms with Gasteiger partial charge in [-0.1, -0.05) is 29.8 Å². The molecule has 0 amide bonds. The minimum Gasteiger partial charge on any atom is -0.334 e. The first kappa shape index (κ1) is 18.3. The van der Waals surface area contributed by atoms with Gasteiger partial charge in [0.15, 0.2) is 0 Å². The zero-order valence-corrected chi connectivity index (χ0v) is 15.7. The minimum atomic E-state index is -0.473. The van der Waals surface area contributed by atoms with Crippen LogP contribution < -0.4 is 10.6 Å². The van der Waals surface area contributed by atoms with Gasteiger partial charge >= 0.3 is 5.69 Å². The van der Waals surface area contributed by atoms with Gasteiger partial charge < -0.3 is 10.6 Å². The Morgan fingerprint density at radius 3 is 2.19 bits per heavy atom. The Balaban J connectivity index is 2.02. The normalized spacial score (nSPS) is 10.5. The average molecular weight is 363 g/mol. The van der Waals surface area contributed by atoms with Crippen LogP contribution >= 0.6 is 0 Å². The molecule has 0 bridgehead atoms. The third-order valence-electron chi connectivity index (χ3n) is 4.50. The zero-order chi connectivity index (χ0) is 19.6. The van der Waals surface area contributed by atoms with Gasteiger partial charge in [0.1, 0.15) is 6.33 Å². The smallest absolute Gasteiger partial charge is 0.334 e. The molecule has 0 unspecified atom stereocenters. The molecule has 0 aliphatic rings. The van der Waals surface area contributed by atoms with Gasteiger partial charge in [-0.15, -0.1) is 0 Å². The zero-order valence-electron chi connectivity index (χ0n) is 15.7. The predicted molar refractivity (Wildman–Crippen MR) is 107 cm³/mol. The molecule has 0 spiro atoms. The first-order valence-corrected chi connectivity index (χ1v) is 8.53.